The van der Waals surface area contributed by atoms with Gasteiger partial charge in [-0.25, -0.2) is 4.79 Å². The van der Waals surface area contributed by atoms with Crippen LogP contribution in [-0.4, -0.2) is 41.3 Å². The fourth-order valence-electron chi connectivity index (χ4n) is 3.01. The minimum atomic E-state index is -0.535. The number of benzene rings is 1. The number of rotatable bonds is 2. The molecule has 6 nitrogen and oxygen atoms in total. The van der Waals surface area contributed by atoms with Crippen molar-refractivity contribution >= 4 is 17.0 Å². The summed E-state index contributed by atoms with van der Waals surface area (Å²) in [5.74, 6) is 1.52. The van der Waals surface area contributed by atoms with Crippen molar-refractivity contribution in [1.82, 2.24) is 9.88 Å². The molecule has 1 atom stereocenters. The van der Waals surface area contributed by atoms with Crippen molar-refractivity contribution in [3.63, 3.8) is 0 Å². The number of amides is 1. The Balaban J connectivity index is 2.00. The largest absolute Gasteiger partial charge is 0.496 e. The van der Waals surface area contributed by atoms with Crippen LogP contribution in [0.5, 0.6) is 11.5 Å². The van der Waals surface area contributed by atoms with E-state index in [1.165, 1.54) is 0 Å². The fourth-order valence-corrected chi connectivity index (χ4v) is 3.01. The van der Waals surface area contributed by atoms with Gasteiger partial charge in [0.1, 0.15) is 23.2 Å². The number of aromatic nitrogens is 1. The fraction of sp³-hybridized carbons (Fsp3) is 0.500. The number of hydrogen-bond acceptors (Lipinski definition) is 5. The number of hydrogen-bond donors (Lipinski definition) is 0. The van der Waals surface area contributed by atoms with Crippen molar-refractivity contribution < 1.29 is 19.0 Å². The van der Waals surface area contributed by atoms with Crippen LogP contribution in [0.15, 0.2) is 24.4 Å². The zero-order valence-electron chi connectivity index (χ0n) is 16.0. The Labute approximate surface area is 154 Å². The second-order valence-corrected chi connectivity index (χ2v) is 7.50. The maximum Gasteiger partial charge on any atom is 0.410 e. The van der Waals surface area contributed by atoms with Crippen molar-refractivity contribution in [3.05, 3.63) is 30.0 Å². The molecule has 1 amide bonds. The second kappa shape index (κ2) is 7.02. The minimum absolute atomic E-state index is 0.0936. The van der Waals surface area contributed by atoms with Gasteiger partial charge in [-0.3, -0.25) is 4.98 Å². The number of ether oxygens (including phenoxy) is 3. The molecule has 0 saturated heterocycles. The molecule has 26 heavy (non-hydrogen) atoms. The molecule has 3 rings (SSSR count). The van der Waals surface area contributed by atoms with E-state index in [2.05, 4.69) is 4.98 Å². The number of carbonyl (C=O) groups is 1. The number of fused-ring (bicyclic) bond motifs is 2. The highest BCUT2D eigenvalue weighted by molar-refractivity contribution is 5.87. The van der Waals surface area contributed by atoms with Crippen LogP contribution in [0.25, 0.3) is 10.9 Å². The molecule has 0 spiro atoms. The van der Waals surface area contributed by atoms with Gasteiger partial charge in [0.2, 0.25) is 0 Å². The number of nitrogens with zero attached hydrogens (tertiary/aromatic N) is 2. The Morgan fingerprint density at radius 2 is 2.15 bits per heavy atom. The van der Waals surface area contributed by atoms with Gasteiger partial charge in [0.15, 0.2) is 0 Å². The molecule has 1 aliphatic heterocycles. The molecule has 0 bridgehead atoms. The molecular weight excluding hydrogens is 332 g/mol. The monoisotopic (exact) mass is 358 g/mol. The van der Waals surface area contributed by atoms with Gasteiger partial charge in [-0.2, -0.15) is 0 Å². The van der Waals surface area contributed by atoms with E-state index in [-0.39, 0.29) is 12.2 Å². The molecular formula is C20H26N2O4. The van der Waals surface area contributed by atoms with Crippen LogP contribution in [0, 0.1) is 0 Å². The number of methoxy groups -OCH3 is 1. The molecule has 0 aliphatic carbocycles. The molecule has 0 unspecified atom stereocenters. The summed E-state index contributed by atoms with van der Waals surface area (Å²) in [6.07, 6.45) is 2.09. The first-order valence-corrected chi connectivity index (χ1v) is 8.91. The summed E-state index contributed by atoms with van der Waals surface area (Å²) >= 11 is 0. The zero-order valence-corrected chi connectivity index (χ0v) is 16.0. The average molecular weight is 358 g/mol. The third-order valence-electron chi connectivity index (χ3n) is 4.29. The third kappa shape index (κ3) is 3.84. The van der Waals surface area contributed by atoms with Crippen molar-refractivity contribution in [1.29, 1.82) is 0 Å². The van der Waals surface area contributed by atoms with E-state index in [4.69, 9.17) is 14.2 Å². The van der Waals surface area contributed by atoms with Gasteiger partial charge in [-0.05, 0) is 45.4 Å². The Bertz CT molecular complexity index is 813. The van der Waals surface area contributed by atoms with Crippen molar-refractivity contribution in [2.45, 2.75) is 52.4 Å². The summed E-state index contributed by atoms with van der Waals surface area (Å²) in [5, 5.41) is 0.898. The maximum atomic E-state index is 12.6. The Kier molecular flexibility index (Phi) is 4.94. The van der Waals surface area contributed by atoms with Crippen LogP contribution < -0.4 is 9.47 Å². The zero-order chi connectivity index (χ0) is 18.9. The Morgan fingerprint density at radius 3 is 2.81 bits per heavy atom. The average Bonchev–Trinajstić information content (AvgIpc) is 2.76. The maximum absolute atomic E-state index is 12.6. The summed E-state index contributed by atoms with van der Waals surface area (Å²) in [5.41, 5.74) is 1.19. The predicted octanol–water partition coefficient (Wildman–Crippen LogP) is 4.15. The standard InChI is InChI=1S/C20H26N2O4/c1-6-14-12-22(19(23)26-20(2,3)4)11-13-9-16-15(10-18(13)25-14)17(24-5)7-8-21-16/h7-10,14H,6,11-12H2,1-5H3/t14-/m1/s1. The summed E-state index contributed by atoms with van der Waals surface area (Å²) in [7, 11) is 1.64. The molecule has 1 aromatic carbocycles. The molecule has 2 aromatic rings. The van der Waals surface area contributed by atoms with Crippen LogP contribution in [0.2, 0.25) is 0 Å². The first-order valence-electron chi connectivity index (χ1n) is 8.91. The van der Waals surface area contributed by atoms with E-state index in [0.717, 1.165) is 34.4 Å². The van der Waals surface area contributed by atoms with Gasteiger partial charge in [0, 0.05) is 17.1 Å². The van der Waals surface area contributed by atoms with Gasteiger partial charge < -0.3 is 19.1 Å². The lowest BCUT2D eigenvalue weighted by molar-refractivity contribution is 0.0177. The molecule has 0 fully saturated rings. The normalized spacial score (nSPS) is 17.3. The highest BCUT2D eigenvalue weighted by Gasteiger charge is 2.29. The predicted molar refractivity (Wildman–Crippen MR) is 99.6 cm³/mol. The molecule has 0 radical (unpaired) electrons. The SMILES string of the molecule is CC[C@@H]1CN(C(=O)OC(C)(C)C)Cc2cc3nccc(OC)c3cc2O1. The van der Waals surface area contributed by atoms with Gasteiger partial charge >= 0.3 is 6.09 Å². The van der Waals surface area contributed by atoms with Gasteiger partial charge in [-0.1, -0.05) is 6.92 Å². The van der Waals surface area contributed by atoms with Crippen molar-refractivity contribution in [2.24, 2.45) is 0 Å². The van der Waals surface area contributed by atoms with E-state index < -0.39 is 5.60 Å². The Hall–Kier alpha value is -2.50. The first kappa shape index (κ1) is 18.3. The summed E-state index contributed by atoms with van der Waals surface area (Å²) < 4.78 is 17.2. The lowest BCUT2D eigenvalue weighted by Gasteiger charge is -2.27. The first-order chi connectivity index (χ1) is 12.3. The van der Waals surface area contributed by atoms with Gasteiger partial charge in [-0.15, -0.1) is 0 Å². The summed E-state index contributed by atoms with van der Waals surface area (Å²) in [4.78, 5) is 18.7. The van der Waals surface area contributed by atoms with E-state index in [9.17, 15) is 4.79 Å². The minimum Gasteiger partial charge on any atom is -0.496 e. The molecule has 0 N–H and O–H groups in total. The number of carbonyl (C=O) groups excluding carboxylic acids is 1. The van der Waals surface area contributed by atoms with Crippen LogP contribution in [0.4, 0.5) is 4.79 Å². The van der Waals surface area contributed by atoms with E-state index in [0.29, 0.717) is 13.1 Å². The molecule has 0 saturated carbocycles. The molecule has 1 aliphatic rings. The second-order valence-electron chi connectivity index (χ2n) is 7.50. The molecule has 2 heterocycles. The molecule has 6 heteroatoms. The summed E-state index contributed by atoms with van der Waals surface area (Å²) in [6, 6.07) is 5.75. The van der Waals surface area contributed by atoms with E-state index in [1.54, 1.807) is 18.2 Å². The van der Waals surface area contributed by atoms with Crippen LogP contribution in [-0.2, 0) is 11.3 Å². The van der Waals surface area contributed by atoms with E-state index in [1.807, 2.05) is 45.9 Å². The van der Waals surface area contributed by atoms with E-state index >= 15 is 0 Å². The van der Waals surface area contributed by atoms with Gasteiger partial charge in [0.05, 0.1) is 25.7 Å². The lowest BCUT2D eigenvalue weighted by Crippen LogP contribution is -2.40. The topological polar surface area (TPSA) is 60.9 Å². The summed E-state index contributed by atoms with van der Waals surface area (Å²) in [6.45, 7) is 8.57. The third-order valence-corrected chi connectivity index (χ3v) is 4.29. The van der Waals surface area contributed by atoms with Gasteiger partial charge in [0.25, 0.3) is 0 Å². The van der Waals surface area contributed by atoms with Crippen LogP contribution >= 0.6 is 0 Å². The smallest absolute Gasteiger partial charge is 0.410 e. The molecule has 140 valence electrons. The lowest BCUT2D eigenvalue weighted by atomic mass is 10.1. The number of pyridine rings is 1. The quantitative estimate of drug-likeness (QED) is 0.807. The molecule has 1 aromatic heterocycles. The van der Waals surface area contributed by atoms with Crippen LogP contribution in [0.1, 0.15) is 39.7 Å². The van der Waals surface area contributed by atoms with Crippen molar-refractivity contribution in [2.75, 3.05) is 13.7 Å². The highest BCUT2D eigenvalue weighted by Crippen LogP contribution is 2.34. The Morgan fingerprint density at radius 1 is 1.38 bits per heavy atom. The van der Waals surface area contributed by atoms with Crippen molar-refractivity contribution in [3.8, 4) is 11.5 Å². The highest BCUT2D eigenvalue weighted by atomic mass is 16.6. The van der Waals surface area contributed by atoms with Crippen LogP contribution in [0.3, 0.4) is 0 Å².